The molecular formula is C10H15N3. The van der Waals surface area contributed by atoms with Crippen molar-refractivity contribution in [3.8, 4) is 12.3 Å². The zero-order chi connectivity index (χ0) is 9.84. The molecular weight excluding hydrogens is 162 g/mol. The molecule has 0 radical (unpaired) electrons. The van der Waals surface area contributed by atoms with Gasteiger partial charge in [0, 0.05) is 13.5 Å². The highest BCUT2D eigenvalue weighted by atomic mass is 15.3. The molecule has 1 N–H and O–H groups in total. The van der Waals surface area contributed by atoms with Crippen molar-refractivity contribution >= 4 is 0 Å². The largest absolute Gasteiger partial charge is 0.311 e. The van der Waals surface area contributed by atoms with E-state index in [0.29, 0.717) is 6.42 Å². The van der Waals surface area contributed by atoms with Crippen molar-refractivity contribution in [1.29, 1.82) is 0 Å². The summed E-state index contributed by atoms with van der Waals surface area (Å²) in [5.74, 6) is 2.65. The molecule has 1 aromatic rings. The fourth-order valence-electron chi connectivity index (χ4n) is 1.43. The number of hydrogen-bond donors (Lipinski definition) is 1. The molecule has 70 valence electrons. The average molecular weight is 177 g/mol. The summed E-state index contributed by atoms with van der Waals surface area (Å²) in [5, 5.41) is 7.44. The number of hydrogen-bond acceptors (Lipinski definition) is 2. The fourth-order valence-corrected chi connectivity index (χ4v) is 1.43. The second-order valence-corrected chi connectivity index (χ2v) is 3.08. The molecule has 0 aliphatic carbocycles. The molecule has 0 aromatic carbocycles. The number of nitrogens with one attached hydrogen (secondary N) is 1. The molecule has 0 amide bonds. The van der Waals surface area contributed by atoms with Crippen LogP contribution in [0.2, 0.25) is 0 Å². The predicted octanol–water partition coefficient (Wildman–Crippen LogP) is 1.01. The maximum Gasteiger partial charge on any atom is 0.0600 e. The highest BCUT2D eigenvalue weighted by Crippen LogP contribution is 2.15. The molecule has 3 heteroatoms. The van der Waals surface area contributed by atoms with Crippen molar-refractivity contribution < 1.29 is 0 Å². The highest BCUT2D eigenvalue weighted by Gasteiger charge is 2.12. The minimum absolute atomic E-state index is 0.205. The van der Waals surface area contributed by atoms with Crippen molar-refractivity contribution in [2.75, 3.05) is 7.05 Å². The lowest BCUT2D eigenvalue weighted by Gasteiger charge is -2.12. The third kappa shape index (κ3) is 2.10. The predicted molar refractivity (Wildman–Crippen MR) is 53.2 cm³/mol. The van der Waals surface area contributed by atoms with E-state index in [1.165, 1.54) is 0 Å². The van der Waals surface area contributed by atoms with Gasteiger partial charge in [-0.3, -0.25) is 4.68 Å². The number of terminal acetylenes is 1. The third-order valence-corrected chi connectivity index (χ3v) is 2.07. The Labute approximate surface area is 79.1 Å². The average Bonchev–Trinajstić information content (AvgIpc) is 2.41. The lowest BCUT2D eigenvalue weighted by Crippen LogP contribution is -2.18. The molecule has 1 rings (SSSR count). The molecule has 3 nitrogen and oxygen atoms in total. The van der Waals surface area contributed by atoms with E-state index in [1.54, 1.807) is 0 Å². The van der Waals surface area contributed by atoms with Gasteiger partial charge in [-0.2, -0.15) is 5.10 Å². The van der Waals surface area contributed by atoms with Gasteiger partial charge in [-0.25, -0.2) is 0 Å². The molecule has 1 aromatic heterocycles. The maximum atomic E-state index is 5.28. The number of nitrogens with zero attached hydrogens (tertiary/aromatic N) is 2. The first kappa shape index (κ1) is 9.82. The van der Waals surface area contributed by atoms with Crippen LogP contribution in [0.5, 0.6) is 0 Å². The van der Waals surface area contributed by atoms with Crippen LogP contribution in [0.3, 0.4) is 0 Å². The van der Waals surface area contributed by atoms with Crippen molar-refractivity contribution in [3.63, 3.8) is 0 Å². The number of aryl methyl sites for hydroxylation is 2. The van der Waals surface area contributed by atoms with Crippen LogP contribution < -0.4 is 5.32 Å². The smallest absolute Gasteiger partial charge is 0.0600 e. The van der Waals surface area contributed by atoms with Gasteiger partial charge in [0.05, 0.1) is 17.4 Å². The molecule has 1 atom stereocenters. The molecule has 0 spiro atoms. The summed E-state index contributed by atoms with van der Waals surface area (Å²) in [6, 6.07) is 2.26. The van der Waals surface area contributed by atoms with Crippen molar-refractivity contribution in [2.45, 2.75) is 19.4 Å². The minimum Gasteiger partial charge on any atom is -0.311 e. The first-order valence-electron chi connectivity index (χ1n) is 4.30. The minimum atomic E-state index is 0.205. The van der Waals surface area contributed by atoms with Crippen molar-refractivity contribution in [3.05, 3.63) is 17.5 Å². The molecule has 0 aliphatic rings. The lowest BCUT2D eigenvalue weighted by molar-refractivity contribution is 0.550. The first-order chi connectivity index (χ1) is 6.19. The Balaban J connectivity index is 2.91. The summed E-state index contributed by atoms with van der Waals surface area (Å²) in [5.41, 5.74) is 2.16. The Morgan fingerprint density at radius 2 is 2.46 bits per heavy atom. The van der Waals surface area contributed by atoms with Crippen LogP contribution in [0.1, 0.15) is 23.9 Å². The Morgan fingerprint density at radius 1 is 1.77 bits per heavy atom. The molecule has 13 heavy (non-hydrogen) atoms. The second kappa shape index (κ2) is 4.11. The van der Waals surface area contributed by atoms with E-state index in [2.05, 4.69) is 22.4 Å². The van der Waals surface area contributed by atoms with Gasteiger partial charge >= 0.3 is 0 Å². The Bertz CT molecular complexity index is 319. The molecule has 1 unspecified atom stereocenters. The van der Waals surface area contributed by atoms with Gasteiger partial charge in [-0.15, -0.1) is 12.3 Å². The maximum absolute atomic E-state index is 5.28. The normalized spacial score (nSPS) is 12.5. The molecule has 0 fully saturated rings. The molecule has 0 saturated heterocycles. The zero-order valence-corrected chi connectivity index (χ0v) is 8.33. The van der Waals surface area contributed by atoms with Crippen LogP contribution in [-0.4, -0.2) is 16.8 Å². The van der Waals surface area contributed by atoms with Gasteiger partial charge in [0.25, 0.3) is 0 Å². The van der Waals surface area contributed by atoms with E-state index in [-0.39, 0.29) is 6.04 Å². The molecule has 0 aliphatic heterocycles. The third-order valence-electron chi connectivity index (χ3n) is 2.07. The van der Waals surface area contributed by atoms with Gasteiger partial charge in [0.15, 0.2) is 0 Å². The van der Waals surface area contributed by atoms with Gasteiger partial charge in [-0.05, 0) is 20.0 Å². The van der Waals surface area contributed by atoms with Crippen LogP contribution in [0.25, 0.3) is 0 Å². The van der Waals surface area contributed by atoms with Crippen molar-refractivity contribution in [1.82, 2.24) is 15.1 Å². The summed E-state index contributed by atoms with van der Waals surface area (Å²) in [6.07, 6.45) is 5.97. The van der Waals surface area contributed by atoms with Crippen molar-refractivity contribution in [2.24, 2.45) is 7.05 Å². The first-order valence-corrected chi connectivity index (χ1v) is 4.30. The summed E-state index contributed by atoms with van der Waals surface area (Å²) >= 11 is 0. The van der Waals surface area contributed by atoms with E-state index >= 15 is 0 Å². The van der Waals surface area contributed by atoms with Gasteiger partial charge < -0.3 is 5.32 Å². The highest BCUT2D eigenvalue weighted by molar-refractivity contribution is 5.14. The van der Waals surface area contributed by atoms with Crippen LogP contribution in [0, 0.1) is 19.3 Å². The summed E-state index contributed by atoms with van der Waals surface area (Å²) in [7, 11) is 3.84. The quantitative estimate of drug-likeness (QED) is 0.698. The standard InChI is InChI=1S/C10H15N3/c1-5-6-9(11-3)10-7-8(2)12-13(10)4/h1,7,9,11H,6H2,2-4H3. The Morgan fingerprint density at radius 3 is 2.85 bits per heavy atom. The molecule has 0 bridgehead atoms. The van der Waals surface area contributed by atoms with E-state index in [9.17, 15) is 0 Å². The Kier molecular flexibility index (Phi) is 3.10. The van der Waals surface area contributed by atoms with E-state index in [0.717, 1.165) is 11.4 Å². The van der Waals surface area contributed by atoms with Crippen LogP contribution in [0.4, 0.5) is 0 Å². The van der Waals surface area contributed by atoms with Crippen LogP contribution in [-0.2, 0) is 7.05 Å². The topological polar surface area (TPSA) is 29.9 Å². The SMILES string of the molecule is C#CCC(NC)c1cc(C)nn1C. The van der Waals surface area contributed by atoms with E-state index < -0.39 is 0 Å². The zero-order valence-electron chi connectivity index (χ0n) is 8.33. The monoisotopic (exact) mass is 177 g/mol. The van der Waals surface area contributed by atoms with Crippen LogP contribution >= 0.6 is 0 Å². The Hall–Kier alpha value is -1.27. The van der Waals surface area contributed by atoms with Gasteiger partial charge in [-0.1, -0.05) is 0 Å². The van der Waals surface area contributed by atoms with Crippen LogP contribution in [0.15, 0.2) is 6.07 Å². The second-order valence-electron chi connectivity index (χ2n) is 3.08. The summed E-state index contributed by atoms with van der Waals surface area (Å²) < 4.78 is 1.87. The van der Waals surface area contributed by atoms with E-state index in [1.807, 2.05) is 25.7 Å². The molecule has 0 saturated carbocycles. The molecule has 1 heterocycles. The summed E-state index contributed by atoms with van der Waals surface area (Å²) in [4.78, 5) is 0. The fraction of sp³-hybridized carbons (Fsp3) is 0.500. The number of rotatable bonds is 3. The summed E-state index contributed by atoms with van der Waals surface area (Å²) in [6.45, 7) is 1.98. The number of aromatic nitrogens is 2. The van der Waals surface area contributed by atoms with E-state index in [4.69, 9.17) is 6.42 Å². The lowest BCUT2D eigenvalue weighted by atomic mass is 10.1. The van der Waals surface area contributed by atoms with Gasteiger partial charge in [0.2, 0.25) is 0 Å². The van der Waals surface area contributed by atoms with Gasteiger partial charge in [0.1, 0.15) is 0 Å².